The van der Waals surface area contributed by atoms with E-state index in [2.05, 4.69) is 51.9 Å². The molecule has 0 unspecified atom stereocenters. The minimum atomic E-state index is -0.864. The summed E-state index contributed by atoms with van der Waals surface area (Å²) in [6.45, 7) is 8.61. The summed E-state index contributed by atoms with van der Waals surface area (Å²) < 4.78 is 3.58. The zero-order chi connectivity index (χ0) is 22.9. The quantitative estimate of drug-likeness (QED) is 0.488. The summed E-state index contributed by atoms with van der Waals surface area (Å²) in [5.74, 6) is 0.350. The van der Waals surface area contributed by atoms with Crippen LogP contribution < -0.4 is 4.90 Å². The number of aromatic nitrogens is 5. The minimum Gasteiger partial charge on any atom is -0.481 e. The van der Waals surface area contributed by atoms with Crippen LogP contribution >= 0.6 is 0 Å². The van der Waals surface area contributed by atoms with Crippen LogP contribution in [-0.2, 0) is 11.2 Å². The molecule has 170 valence electrons. The van der Waals surface area contributed by atoms with Gasteiger partial charge in [0.25, 0.3) is 0 Å². The highest BCUT2D eigenvalue weighted by Crippen LogP contribution is 2.25. The molecule has 0 aliphatic carbocycles. The fourth-order valence-electron chi connectivity index (χ4n) is 4.32. The van der Waals surface area contributed by atoms with Gasteiger partial charge in [-0.2, -0.15) is 5.10 Å². The Labute approximate surface area is 191 Å². The lowest BCUT2D eigenvalue weighted by Gasteiger charge is -2.38. The number of rotatable bonds is 6. The molecule has 1 saturated heterocycles. The Kier molecular flexibility index (Phi) is 5.55. The monoisotopic (exact) mass is 445 g/mol. The first-order chi connectivity index (χ1) is 16.0. The van der Waals surface area contributed by atoms with Crippen LogP contribution in [0.2, 0.25) is 0 Å². The molecule has 1 aliphatic rings. The molecular weight excluding hydrogens is 418 g/mol. The maximum Gasteiger partial charge on any atom is 0.307 e. The fraction of sp³-hybridized carbons (Fsp3) is 0.333. The second-order valence-electron chi connectivity index (χ2n) is 8.65. The molecule has 4 aromatic rings. The number of benzene rings is 1. The lowest BCUT2D eigenvalue weighted by atomic mass is 10.2. The highest BCUT2D eigenvalue weighted by molar-refractivity contribution is 5.83. The number of carboxylic acid groups (broad SMARTS) is 1. The Morgan fingerprint density at radius 1 is 1.06 bits per heavy atom. The molecule has 1 N–H and O–H groups in total. The Morgan fingerprint density at radius 2 is 1.85 bits per heavy atom. The van der Waals surface area contributed by atoms with Gasteiger partial charge in [0.05, 0.1) is 30.5 Å². The second kappa shape index (κ2) is 8.67. The van der Waals surface area contributed by atoms with E-state index in [1.807, 2.05) is 6.20 Å². The number of anilines is 1. The molecule has 9 heteroatoms. The van der Waals surface area contributed by atoms with Gasteiger partial charge >= 0.3 is 5.97 Å². The molecule has 4 heterocycles. The van der Waals surface area contributed by atoms with Crippen molar-refractivity contribution in [3.8, 4) is 11.6 Å². The average Bonchev–Trinajstić information content (AvgIpc) is 3.45. The number of hydrogen-bond acceptors (Lipinski definition) is 6. The highest BCUT2D eigenvalue weighted by Gasteiger charge is 2.20. The number of fused-ring (bicyclic) bond motifs is 1. The molecule has 9 nitrogen and oxygen atoms in total. The standard InChI is InChI=1S/C24H27N7O2/c1-17(2)28-7-9-29(10-8-28)20-4-3-19-13-26-31(21(19)12-20)23-15-25-14-22(27-23)30-6-5-18(16-30)11-24(32)33/h3-6,12-17H,7-11H2,1-2H3,(H,32,33). The molecule has 0 amide bonds. The van der Waals surface area contributed by atoms with Gasteiger partial charge in [-0.15, -0.1) is 0 Å². The summed E-state index contributed by atoms with van der Waals surface area (Å²) in [5, 5.41) is 14.6. The van der Waals surface area contributed by atoms with Crippen molar-refractivity contribution in [3.05, 3.63) is 60.8 Å². The van der Waals surface area contributed by atoms with Crippen molar-refractivity contribution in [2.45, 2.75) is 26.3 Å². The molecule has 0 saturated carbocycles. The van der Waals surface area contributed by atoms with Gasteiger partial charge in [0.15, 0.2) is 11.6 Å². The Balaban J connectivity index is 1.43. The molecule has 33 heavy (non-hydrogen) atoms. The van der Waals surface area contributed by atoms with E-state index >= 15 is 0 Å². The van der Waals surface area contributed by atoms with E-state index in [0.717, 1.165) is 37.1 Å². The van der Waals surface area contributed by atoms with Gasteiger partial charge in [0.2, 0.25) is 0 Å². The van der Waals surface area contributed by atoms with E-state index in [-0.39, 0.29) is 6.42 Å². The van der Waals surface area contributed by atoms with E-state index in [1.54, 1.807) is 40.1 Å². The van der Waals surface area contributed by atoms with Crippen LogP contribution in [0.1, 0.15) is 19.4 Å². The fourth-order valence-corrected chi connectivity index (χ4v) is 4.32. The second-order valence-corrected chi connectivity index (χ2v) is 8.65. The summed E-state index contributed by atoms with van der Waals surface area (Å²) >= 11 is 0. The number of carbonyl (C=O) groups is 1. The lowest BCUT2D eigenvalue weighted by Crippen LogP contribution is -2.48. The molecule has 0 bridgehead atoms. The summed E-state index contributed by atoms with van der Waals surface area (Å²) in [7, 11) is 0. The van der Waals surface area contributed by atoms with Crippen molar-refractivity contribution in [2.24, 2.45) is 0 Å². The van der Waals surface area contributed by atoms with Crippen LogP contribution in [0.4, 0.5) is 5.69 Å². The van der Waals surface area contributed by atoms with Crippen LogP contribution in [0.5, 0.6) is 0 Å². The SMILES string of the molecule is CC(C)N1CCN(c2ccc3cnn(-c4cncc(-n5ccc(CC(=O)O)c5)n4)c3c2)CC1. The average molecular weight is 446 g/mol. The summed E-state index contributed by atoms with van der Waals surface area (Å²) in [5.41, 5.74) is 2.87. The molecule has 0 spiro atoms. The van der Waals surface area contributed by atoms with Gasteiger partial charge < -0.3 is 14.6 Å². The first kappa shape index (κ1) is 21.1. The molecule has 5 rings (SSSR count). The minimum absolute atomic E-state index is 0.0296. The molecule has 3 aromatic heterocycles. The van der Waals surface area contributed by atoms with Crippen molar-refractivity contribution >= 4 is 22.6 Å². The first-order valence-corrected chi connectivity index (χ1v) is 11.2. The predicted octanol–water partition coefficient (Wildman–Crippen LogP) is 2.76. The van der Waals surface area contributed by atoms with Crippen LogP contribution in [0, 0.1) is 0 Å². The van der Waals surface area contributed by atoms with E-state index in [9.17, 15) is 4.79 Å². The van der Waals surface area contributed by atoms with E-state index in [0.29, 0.717) is 23.2 Å². The summed E-state index contributed by atoms with van der Waals surface area (Å²) in [6, 6.07) is 8.78. The molecule has 1 aliphatic heterocycles. The molecule has 0 radical (unpaired) electrons. The maximum absolute atomic E-state index is 11.0. The van der Waals surface area contributed by atoms with Gasteiger partial charge in [-0.05, 0) is 43.7 Å². The topological polar surface area (TPSA) is 92.3 Å². The van der Waals surface area contributed by atoms with Crippen molar-refractivity contribution in [1.29, 1.82) is 0 Å². The van der Waals surface area contributed by atoms with Crippen LogP contribution in [0.15, 0.2) is 55.2 Å². The first-order valence-electron chi connectivity index (χ1n) is 11.2. The number of nitrogens with zero attached hydrogens (tertiary/aromatic N) is 7. The summed E-state index contributed by atoms with van der Waals surface area (Å²) in [4.78, 5) is 25.0. The van der Waals surface area contributed by atoms with E-state index < -0.39 is 5.97 Å². The largest absolute Gasteiger partial charge is 0.481 e. The molecule has 0 atom stereocenters. The number of hydrogen-bond donors (Lipinski definition) is 1. The zero-order valence-electron chi connectivity index (χ0n) is 18.8. The van der Waals surface area contributed by atoms with Crippen LogP contribution in [0.3, 0.4) is 0 Å². The molecular formula is C24H27N7O2. The van der Waals surface area contributed by atoms with Gasteiger partial charge in [0.1, 0.15) is 0 Å². The van der Waals surface area contributed by atoms with E-state index in [1.165, 1.54) is 5.69 Å². The van der Waals surface area contributed by atoms with Crippen molar-refractivity contribution in [3.63, 3.8) is 0 Å². The number of carboxylic acids is 1. The predicted molar refractivity (Wildman–Crippen MR) is 126 cm³/mol. The lowest BCUT2D eigenvalue weighted by molar-refractivity contribution is -0.136. The highest BCUT2D eigenvalue weighted by atomic mass is 16.4. The van der Waals surface area contributed by atoms with Gasteiger partial charge in [-0.1, -0.05) is 0 Å². The molecule has 1 aromatic carbocycles. The Hall–Kier alpha value is -3.72. The number of aliphatic carboxylic acids is 1. The maximum atomic E-state index is 11.0. The summed E-state index contributed by atoms with van der Waals surface area (Å²) in [6.07, 6.45) is 8.70. The van der Waals surface area contributed by atoms with Crippen LogP contribution in [0.25, 0.3) is 22.5 Å². The van der Waals surface area contributed by atoms with E-state index in [4.69, 9.17) is 10.1 Å². The third-order valence-corrected chi connectivity index (χ3v) is 6.16. The third kappa shape index (κ3) is 4.31. The van der Waals surface area contributed by atoms with Crippen molar-refractivity contribution in [2.75, 3.05) is 31.1 Å². The zero-order valence-corrected chi connectivity index (χ0v) is 18.8. The van der Waals surface area contributed by atoms with Gasteiger partial charge in [0, 0.05) is 55.7 Å². The van der Waals surface area contributed by atoms with Crippen molar-refractivity contribution < 1.29 is 9.90 Å². The van der Waals surface area contributed by atoms with Crippen molar-refractivity contribution in [1.82, 2.24) is 29.2 Å². The Bertz CT molecular complexity index is 1280. The van der Waals surface area contributed by atoms with Gasteiger partial charge in [-0.3, -0.25) is 14.7 Å². The third-order valence-electron chi connectivity index (χ3n) is 6.16. The van der Waals surface area contributed by atoms with Gasteiger partial charge in [-0.25, -0.2) is 9.67 Å². The van der Waals surface area contributed by atoms with Crippen LogP contribution in [-0.4, -0.2) is 72.5 Å². The smallest absolute Gasteiger partial charge is 0.307 e. The normalized spacial score (nSPS) is 14.9. The number of piperazine rings is 1. The molecule has 1 fully saturated rings. The Morgan fingerprint density at radius 3 is 2.61 bits per heavy atom.